The van der Waals surface area contributed by atoms with Gasteiger partial charge in [0.15, 0.2) is 0 Å². The summed E-state index contributed by atoms with van der Waals surface area (Å²) in [6.45, 7) is 5.64. The second-order valence-electron chi connectivity index (χ2n) is 7.79. The smallest absolute Gasteiger partial charge is 0.229 e. The van der Waals surface area contributed by atoms with Gasteiger partial charge in [-0.15, -0.1) is 0 Å². The minimum Gasteiger partial charge on any atom is -0.342 e. The van der Waals surface area contributed by atoms with Crippen LogP contribution in [0.1, 0.15) is 55.5 Å². The summed E-state index contributed by atoms with van der Waals surface area (Å²) in [7, 11) is 3.72. The highest BCUT2D eigenvalue weighted by atomic mass is 16.2. The third kappa shape index (κ3) is 4.43. The summed E-state index contributed by atoms with van der Waals surface area (Å²) in [6.07, 6.45) is 1.85. The van der Waals surface area contributed by atoms with Crippen molar-refractivity contribution in [2.24, 2.45) is 7.05 Å². The first-order valence-corrected chi connectivity index (χ1v) is 9.95. The van der Waals surface area contributed by atoms with Gasteiger partial charge in [-0.3, -0.25) is 14.3 Å². The highest BCUT2D eigenvalue weighted by molar-refractivity contribution is 5.83. The number of carbonyl (C=O) groups is 2. The Morgan fingerprint density at radius 1 is 1.21 bits per heavy atom. The summed E-state index contributed by atoms with van der Waals surface area (Å²) in [5.74, 6) is 0.497. The van der Waals surface area contributed by atoms with E-state index in [2.05, 4.69) is 11.2 Å². The minimum atomic E-state index is -0.110. The second kappa shape index (κ2) is 8.59. The van der Waals surface area contributed by atoms with Crippen molar-refractivity contribution in [3.63, 3.8) is 0 Å². The van der Waals surface area contributed by atoms with E-state index in [0.717, 1.165) is 42.9 Å². The molecule has 0 radical (unpaired) electrons. The SMILES string of the molecule is CC(=O)N(C)Cc1cc(C2CCN(C(=O)[C@H](C)c3ccccc3)CC2)nn1C. The number of benzene rings is 1. The van der Waals surface area contributed by atoms with Gasteiger partial charge in [0, 0.05) is 40.0 Å². The van der Waals surface area contributed by atoms with Crippen LogP contribution >= 0.6 is 0 Å². The molecule has 0 spiro atoms. The Morgan fingerprint density at radius 3 is 2.46 bits per heavy atom. The van der Waals surface area contributed by atoms with Crippen LogP contribution in [0.5, 0.6) is 0 Å². The molecule has 6 nitrogen and oxygen atoms in total. The van der Waals surface area contributed by atoms with E-state index in [0.29, 0.717) is 12.5 Å². The molecule has 0 N–H and O–H groups in total. The average molecular weight is 383 g/mol. The number of piperidine rings is 1. The lowest BCUT2D eigenvalue weighted by molar-refractivity contribution is -0.133. The van der Waals surface area contributed by atoms with Crippen molar-refractivity contribution in [3.8, 4) is 0 Å². The van der Waals surface area contributed by atoms with Crippen molar-refractivity contribution in [2.75, 3.05) is 20.1 Å². The number of aromatic nitrogens is 2. The molecule has 2 heterocycles. The van der Waals surface area contributed by atoms with Gasteiger partial charge in [-0.2, -0.15) is 5.10 Å². The van der Waals surface area contributed by atoms with Crippen LogP contribution in [0.4, 0.5) is 0 Å². The van der Waals surface area contributed by atoms with Gasteiger partial charge in [0.05, 0.1) is 23.9 Å². The van der Waals surface area contributed by atoms with E-state index >= 15 is 0 Å². The van der Waals surface area contributed by atoms with Crippen molar-refractivity contribution in [2.45, 2.75) is 45.1 Å². The third-order valence-electron chi connectivity index (χ3n) is 5.83. The Hall–Kier alpha value is -2.63. The molecule has 0 bridgehead atoms. The van der Waals surface area contributed by atoms with E-state index in [1.54, 1.807) is 18.9 Å². The Labute approximate surface area is 167 Å². The summed E-state index contributed by atoms with van der Waals surface area (Å²) in [6, 6.07) is 12.1. The first kappa shape index (κ1) is 20.1. The van der Waals surface area contributed by atoms with Gasteiger partial charge < -0.3 is 9.80 Å². The molecule has 1 aromatic heterocycles. The zero-order valence-electron chi connectivity index (χ0n) is 17.3. The first-order valence-electron chi connectivity index (χ1n) is 9.95. The zero-order chi connectivity index (χ0) is 20.3. The molecule has 150 valence electrons. The Kier molecular flexibility index (Phi) is 6.17. The van der Waals surface area contributed by atoms with E-state index in [9.17, 15) is 9.59 Å². The molecule has 6 heteroatoms. The van der Waals surface area contributed by atoms with E-state index in [1.165, 1.54) is 0 Å². The molecule has 1 aliphatic rings. The van der Waals surface area contributed by atoms with Crippen LogP contribution in [-0.4, -0.2) is 51.5 Å². The van der Waals surface area contributed by atoms with E-state index < -0.39 is 0 Å². The zero-order valence-corrected chi connectivity index (χ0v) is 17.3. The molecule has 1 aliphatic heterocycles. The fourth-order valence-corrected chi connectivity index (χ4v) is 3.79. The molecule has 2 amide bonds. The van der Waals surface area contributed by atoms with Crippen molar-refractivity contribution in [1.82, 2.24) is 19.6 Å². The van der Waals surface area contributed by atoms with Crippen LogP contribution in [0.25, 0.3) is 0 Å². The van der Waals surface area contributed by atoms with E-state index in [-0.39, 0.29) is 17.7 Å². The quantitative estimate of drug-likeness (QED) is 0.799. The van der Waals surface area contributed by atoms with Crippen LogP contribution in [0, 0.1) is 0 Å². The second-order valence-corrected chi connectivity index (χ2v) is 7.79. The summed E-state index contributed by atoms with van der Waals surface area (Å²) < 4.78 is 1.86. The molecular formula is C22H30N4O2. The van der Waals surface area contributed by atoms with Gasteiger partial charge in [0.1, 0.15) is 0 Å². The predicted molar refractivity (Wildman–Crippen MR) is 109 cm³/mol. The summed E-state index contributed by atoms with van der Waals surface area (Å²) >= 11 is 0. The average Bonchev–Trinajstić information content (AvgIpc) is 3.08. The molecule has 2 aromatic rings. The molecule has 1 aromatic carbocycles. The fourth-order valence-electron chi connectivity index (χ4n) is 3.79. The van der Waals surface area contributed by atoms with Crippen molar-refractivity contribution < 1.29 is 9.59 Å². The lowest BCUT2D eigenvalue weighted by atomic mass is 9.92. The summed E-state index contributed by atoms with van der Waals surface area (Å²) in [4.78, 5) is 28.0. The van der Waals surface area contributed by atoms with Crippen LogP contribution in [0.15, 0.2) is 36.4 Å². The van der Waals surface area contributed by atoms with E-state index in [1.807, 2.05) is 53.9 Å². The number of aryl methyl sites for hydroxylation is 1. The molecule has 1 fully saturated rings. The van der Waals surface area contributed by atoms with Gasteiger partial charge >= 0.3 is 0 Å². The monoisotopic (exact) mass is 382 g/mol. The number of hydrogen-bond acceptors (Lipinski definition) is 3. The van der Waals surface area contributed by atoms with Gasteiger partial charge in [-0.1, -0.05) is 30.3 Å². The maximum atomic E-state index is 12.9. The van der Waals surface area contributed by atoms with Gasteiger partial charge in [-0.25, -0.2) is 0 Å². The predicted octanol–water partition coefficient (Wildman–Crippen LogP) is 2.91. The van der Waals surface area contributed by atoms with Crippen molar-refractivity contribution in [3.05, 3.63) is 53.3 Å². The molecule has 0 saturated carbocycles. The van der Waals surface area contributed by atoms with Crippen molar-refractivity contribution >= 4 is 11.8 Å². The third-order valence-corrected chi connectivity index (χ3v) is 5.83. The summed E-state index contributed by atoms with van der Waals surface area (Å²) in [5.41, 5.74) is 3.17. The Balaban J connectivity index is 1.59. The topological polar surface area (TPSA) is 58.4 Å². The number of nitrogens with zero attached hydrogens (tertiary/aromatic N) is 4. The van der Waals surface area contributed by atoms with Gasteiger partial charge in [0.25, 0.3) is 0 Å². The molecule has 1 saturated heterocycles. The standard InChI is InChI=1S/C22H30N4O2/c1-16(18-8-6-5-7-9-18)22(28)26-12-10-19(11-13-26)21-14-20(25(4)23-21)15-24(3)17(2)27/h5-9,14,16,19H,10-13,15H2,1-4H3/t16-/m1/s1. The Morgan fingerprint density at radius 2 is 1.86 bits per heavy atom. The molecular weight excluding hydrogens is 352 g/mol. The highest BCUT2D eigenvalue weighted by Gasteiger charge is 2.28. The van der Waals surface area contributed by atoms with Gasteiger partial charge in [0.2, 0.25) is 11.8 Å². The Bertz CT molecular complexity index is 822. The molecule has 1 atom stereocenters. The summed E-state index contributed by atoms with van der Waals surface area (Å²) in [5, 5.41) is 4.67. The maximum Gasteiger partial charge on any atom is 0.229 e. The number of carbonyl (C=O) groups excluding carboxylic acids is 2. The highest BCUT2D eigenvalue weighted by Crippen LogP contribution is 2.29. The number of amides is 2. The number of hydrogen-bond donors (Lipinski definition) is 0. The van der Waals surface area contributed by atoms with Crippen molar-refractivity contribution in [1.29, 1.82) is 0 Å². The molecule has 3 rings (SSSR count). The first-order chi connectivity index (χ1) is 13.4. The number of rotatable bonds is 5. The lowest BCUT2D eigenvalue weighted by Gasteiger charge is -2.33. The molecule has 28 heavy (non-hydrogen) atoms. The van der Waals surface area contributed by atoms with E-state index in [4.69, 9.17) is 0 Å². The van der Waals surface area contributed by atoms with Gasteiger partial charge in [-0.05, 0) is 31.4 Å². The van der Waals surface area contributed by atoms with Crippen LogP contribution in [0.2, 0.25) is 0 Å². The van der Waals surface area contributed by atoms with Crippen LogP contribution in [-0.2, 0) is 23.2 Å². The van der Waals surface area contributed by atoms with Crippen LogP contribution in [0.3, 0.4) is 0 Å². The number of likely N-dealkylation sites (tertiary alicyclic amines) is 1. The minimum absolute atomic E-state index is 0.0436. The lowest BCUT2D eigenvalue weighted by Crippen LogP contribution is -2.40. The maximum absolute atomic E-state index is 12.9. The molecule has 0 unspecified atom stereocenters. The largest absolute Gasteiger partial charge is 0.342 e. The fraction of sp³-hybridized carbons (Fsp3) is 0.500. The van der Waals surface area contributed by atoms with Crippen LogP contribution < -0.4 is 0 Å². The molecule has 0 aliphatic carbocycles. The normalized spacial score (nSPS) is 16.1.